The van der Waals surface area contributed by atoms with E-state index < -0.39 is 0 Å². The second kappa shape index (κ2) is 3.93. The monoisotopic (exact) mass is 238 g/mol. The third kappa shape index (κ3) is 2.34. The Morgan fingerprint density at radius 3 is 2.82 bits per heavy atom. The quantitative estimate of drug-likeness (QED) is 0.720. The zero-order valence-electron chi connectivity index (χ0n) is 5.48. The molecular weight excluding hydrogens is 234 g/mol. The van der Waals surface area contributed by atoms with Crippen molar-refractivity contribution in [2.45, 2.75) is 0 Å². The largest absolute Gasteiger partial charge is 0.478 e. The molecule has 1 aromatic rings. The number of alkyl halides is 1. The van der Waals surface area contributed by atoms with Gasteiger partial charge in [0.15, 0.2) is 6.07 Å². The molecule has 0 heterocycles. The van der Waals surface area contributed by atoms with E-state index in [0.29, 0.717) is 10.2 Å². The van der Waals surface area contributed by atoms with Crippen molar-refractivity contribution in [1.29, 1.82) is 0 Å². The van der Waals surface area contributed by atoms with Crippen LogP contribution in [0.1, 0.15) is 0 Å². The van der Waals surface area contributed by atoms with Crippen molar-refractivity contribution in [2.75, 3.05) is 6.07 Å². The van der Waals surface area contributed by atoms with Crippen LogP contribution in [0.3, 0.4) is 0 Å². The van der Waals surface area contributed by atoms with Gasteiger partial charge in [0.2, 0.25) is 0 Å². The molecule has 0 aliphatic heterocycles. The normalized spacial score (nSPS) is 9.73. The van der Waals surface area contributed by atoms with Crippen LogP contribution in [-0.2, 0) is 0 Å². The Hall–Kier alpha value is -0.280. The van der Waals surface area contributed by atoms with Crippen molar-refractivity contribution in [1.82, 2.24) is 0 Å². The second-order valence-corrected chi connectivity index (χ2v) is 2.90. The molecule has 0 bridgehead atoms. The van der Waals surface area contributed by atoms with Gasteiger partial charge in [0.05, 0.1) is 4.47 Å². The summed E-state index contributed by atoms with van der Waals surface area (Å²) >= 11 is 8.29. The first kappa shape index (κ1) is 8.81. The van der Waals surface area contributed by atoms with Gasteiger partial charge in [0.1, 0.15) is 11.6 Å². The summed E-state index contributed by atoms with van der Waals surface area (Å²) in [6.45, 7) is 0. The molecule has 0 fully saturated rings. The minimum absolute atomic E-state index is 0.0288. The van der Waals surface area contributed by atoms with E-state index in [-0.39, 0.29) is 11.9 Å². The Balaban J connectivity index is 2.86. The van der Waals surface area contributed by atoms with Crippen molar-refractivity contribution in [3.63, 3.8) is 0 Å². The van der Waals surface area contributed by atoms with Crippen LogP contribution in [-0.4, -0.2) is 6.07 Å². The first-order chi connectivity index (χ1) is 5.24. The molecule has 0 aliphatic carbocycles. The van der Waals surface area contributed by atoms with Gasteiger partial charge in [-0.2, -0.15) is 0 Å². The smallest absolute Gasteiger partial charge is 0.162 e. The van der Waals surface area contributed by atoms with Gasteiger partial charge in [-0.1, -0.05) is 11.6 Å². The molecule has 0 spiro atoms. The maximum Gasteiger partial charge on any atom is 0.162 e. The Morgan fingerprint density at radius 1 is 1.55 bits per heavy atom. The predicted molar refractivity (Wildman–Crippen MR) is 45.4 cm³/mol. The van der Waals surface area contributed by atoms with Gasteiger partial charge in [-0.15, -0.1) is 0 Å². The lowest BCUT2D eigenvalue weighted by atomic mass is 10.3. The van der Waals surface area contributed by atoms with Crippen LogP contribution in [0.4, 0.5) is 4.39 Å². The number of benzene rings is 1. The van der Waals surface area contributed by atoms with Gasteiger partial charge in [-0.25, -0.2) is 4.39 Å². The first-order valence-corrected chi connectivity index (χ1v) is 4.20. The summed E-state index contributed by atoms with van der Waals surface area (Å²) < 4.78 is 18.0. The summed E-state index contributed by atoms with van der Waals surface area (Å²) in [5, 5.41) is 0. The van der Waals surface area contributed by atoms with E-state index >= 15 is 0 Å². The van der Waals surface area contributed by atoms with Crippen LogP contribution in [0.2, 0.25) is 0 Å². The molecule has 0 aromatic heterocycles. The van der Waals surface area contributed by atoms with Crippen LogP contribution >= 0.6 is 27.5 Å². The number of hydrogen-bond acceptors (Lipinski definition) is 1. The highest BCUT2D eigenvalue weighted by Crippen LogP contribution is 2.20. The third-order valence-electron chi connectivity index (χ3n) is 1.11. The number of halogens is 3. The Bertz CT molecular complexity index is 254. The fourth-order valence-corrected chi connectivity index (χ4v) is 1.00. The molecule has 0 atom stereocenters. The van der Waals surface area contributed by atoms with Gasteiger partial charge in [-0.05, 0) is 28.1 Å². The molecule has 1 rings (SSSR count). The molecule has 1 nitrogen and oxygen atoms in total. The minimum atomic E-state index is -0.354. The van der Waals surface area contributed by atoms with Gasteiger partial charge < -0.3 is 4.74 Å². The maximum absolute atomic E-state index is 12.7. The Morgan fingerprint density at radius 2 is 2.27 bits per heavy atom. The zero-order valence-corrected chi connectivity index (χ0v) is 7.82. The number of ether oxygens (including phenoxy) is 1. The third-order valence-corrected chi connectivity index (χ3v) is 1.86. The first-order valence-electron chi connectivity index (χ1n) is 2.88. The van der Waals surface area contributed by atoms with Crippen molar-refractivity contribution in [3.8, 4) is 5.75 Å². The highest BCUT2D eigenvalue weighted by molar-refractivity contribution is 9.10. The molecule has 0 aliphatic rings. The average Bonchev–Trinajstić information content (AvgIpc) is 1.98. The van der Waals surface area contributed by atoms with E-state index in [1.54, 1.807) is 12.1 Å². The minimum Gasteiger partial charge on any atom is -0.478 e. The zero-order chi connectivity index (χ0) is 8.27. The Labute approximate surface area is 77.2 Å². The molecular formula is C7H5BrClFO. The molecule has 0 unspecified atom stereocenters. The lowest BCUT2D eigenvalue weighted by Gasteiger charge is -2.01. The molecule has 0 N–H and O–H groups in total. The van der Waals surface area contributed by atoms with E-state index in [4.69, 9.17) is 16.3 Å². The number of hydrogen-bond donors (Lipinski definition) is 0. The van der Waals surface area contributed by atoms with Crippen molar-refractivity contribution < 1.29 is 9.13 Å². The predicted octanol–water partition coefficient (Wildman–Crippen LogP) is 3.16. The Kier molecular flexibility index (Phi) is 3.15. The number of rotatable bonds is 2. The van der Waals surface area contributed by atoms with Crippen LogP contribution in [0.25, 0.3) is 0 Å². The summed E-state index contributed by atoms with van der Waals surface area (Å²) in [6.07, 6.45) is 0. The molecule has 4 heteroatoms. The van der Waals surface area contributed by atoms with E-state index in [1.807, 2.05) is 0 Å². The summed E-state index contributed by atoms with van der Waals surface area (Å²) in [4.78, 5) is 0. The van der Waals surface area contributed by atoms with Gasteiger partial charge in [-0.3, -0.25) is 0 Å². The van der Waals surface area contributed by atoms with Crippen molar-refractivity contribution in [2.24, 2.45) is 0 Å². The average molecular weight is 239 g/mol. The van der Waals surface area contributed by atoms with Gasteiger partial charge in [0, 0.05) is 6.07 Å². The second-order valence-electron chi connectivity index (χ2n) is 1.83. The lowest BCUT2D eigenvalue weighted by molar-refractivity contribution is 0.385. The van der Waals surface area contributed by atoms with Gasteiger partial charge in [0.25, 0.3) is 0 Å². The van der Waals surface area contributed by atoms with Crippen LogP contribution in [0.15, 0.2) is 22.7 Å². The standard InChI is InChI=1S/C7H5BrClFO/c8-6-2-1-5(11-4-9)3-7(6)10/h1-3H,4H2. The van der Waals surface area contributed by atoms with Crippen LogP contribution in [0, 0.1) is 5.82 Å². The molecule has 0 amide bonds. The van der Waals surface area contributed by atoms with Gasteiger partial charge >= 0.3 is 0 Å². The summed E-state index contributed by atoms with van der Waals surface area (Å²) in [6, 6.07) is 4.50. The summed E-state index contributed by atoms with van der Waals surface area (Å²) in [5.74, 6) is 0.0771. The van der Waals surface area contributed by atoms with E-state index in [1.165, 1.54) is 6.07 Å². The van der Waals surface area contributed by atoms with E-state index in [9.17, 15) is 4.39 Å². The van der Waals surface area contributed by atoms with E-state index in [2.05, 4.69) is 15.9 Å². The highest BCUT2D eigenvalue weighted by Gasteiger charge is 1.99. The highest BCUT2D eigenvalue weighted by atomic mass is 79.9. The molecule has 0 saturated carbocycles. The molecule has 11 heavy (non-hydrogen) atoms. The molecule has 1 aromatic carbocycles. The topological polar surface area (TPSA) is 9.23 Å². The summed E-state index contributed by atoms with van der Waals surface area (Å²) in [7, 11) is 0. The SMILES string of the molecule is Fc1cc(OCCl)ccc1Br. The fourth-order valence-electron chi connectivity index (χ4n) is 0.630. The summed E-state index contributed by atoms with van der Waals surface area (Å²) in [5.41, 5.74) is 0. The molecule has 0 saturated heterocycles. The van der Waals surface area contributed by atoms with E-state index in [0.717, 1.165) is 0 Å². The van der Waals surface area contributed by atoms with Crippen molar-refractivity contribution >= 4 is 27.5 Å². The van der Waals surface area contributed by atoms with Crippen LogP contribution < -0.4 is 4.74 Å². The fraction of sp³-hybridized carbons (Fsp3) is 0.143. The van der Waals surface area contributed by atoms with Crippen LogP contribution in [0.5, 0.6) is 5.75 Å². The molecule has 0 radical (unpaired) electrons. The van der Waals surface area contributed by atoms with Crippen molar-refractivity contribution in [3.05, 3.63) is 28.5 Å². The molecule has 60 valence electrons. The lowest BCUT2D eigenvalue weighted by Crippen LogP contribution is -1.89. The maximum atomic E-state index is 12.7.